The number of hydrogen-bond acceptors (Lipinski definition) is 1. The predicted octanol–water partition coefficient (Wildman–Crippen LogP) is 4.47. The molecule has 0 aliphatic heterocycles. The molecule has 0 unspecified atom stereocenters. The van der Waals surface area contributed by atoms with Gasteiger partial charge >= 0.3 is 0 Å². The normalized spacial score (nSPS) is 12.8. The molecular weight excluding hydrogens is 212 g/mol. The molecule has 4 rings (SSSR count). The molecule has 3 aromatic rings. The molecule has 1 aromatic heterocycles. The van der Waals surface area contributed by atoms with E-state index in [0.717, 1.165) is 6.42 Å². The van der Waals surface area contributed by atoms with Crippen molar-refractivity contribution in [1.29, 1.82) is 0 Å². The highest BCUT2D eigenvalue weighted by Gasteiger charge is 2.21. The molecule has 0 amide bonds. The zero-order chi connectivity index (χ0) is 10.5. The Morgan fingerprint density at radius 3 is 2.81 bits per heavy atom. The lowest BCUT2D eigenvalue weighted by molar-refractivity contribution is 1.28. The van der Waals surface area contributed by atoms with Crippen LogP contribution in [0.25, 0.3) is 21.2 Å². The van der Waals surface area contributed by atoms with E-state index in [-0.39, 0.29) is 0 Å². The predicted molar refractivity (Wildman–Crippen MR) is 70.1 cm³/mol. The lowest BCUT2D eigenvalue weighted by Crippen LogP contribution is -1.81. The van der Waals surface area contributed by atoms with Crippen LogP contribution in [-0.2, 0) is 6.42 Å². The summed E-state index contributed by atoms with van der Waals surface area (Å²) in [4.78, 5) is 1.48. The van der Waals surface area contributed by atoms with E-state index in [1.807, 2.05) is 11.3 Å². The van der Waals surface area contributed by atoms with Gasteiger partial charge in [-0.3, -0.25) is 0 Å². The Labute approximate surface area is 98.2 Å². The van der Waals surface area contributed by atoms with Crippen LogP contribution in [0.4, 0.5) is 0 Å². The van der Waals surface area contributed by atoms with E-state index in [1.165, 1.54) is 32.3 Å². The van der Waals surface area contributed by atoms with Gasteiger partial charge in [0.15, 0.2) is 0 Å². The van der Waals surface area contributed by atoms with Gasteiger partial charge in [-0.2, -0.15) is 0 Å². The van der Waals surface area contributed by atoms with Crippen LogP contribution in [-0.4, -0.2) is 0 Å². The fourth-order valence-corrected chi connectivity index (χ4v) is 3.65. The van der Waals surface area contributed by atoms with Crippen molar-refractivity contribution in [2.45, 2.75) is 6.42 Å². The molecule has 2 aromatic carbocycles. The van der Waals surface area contributed by atoms with Crippen molar-refractivity contribution >= 4 is 22.1 Å². The third kappa shape index (κ3) is 0.987. The van der Waals surface area contributed by atoms with Crippen LogP contribution in [0.2, 0.25) is 0 Å². The minimum absolute atomic E-state index is 1.11. The fraction of sp³-hybridized carbons (Fsp3) is 0.0667. The van der Waals surface area contributed by atoms with Crippen LogP contribution >= 0.6 is 11.3 Å². The Morgan fingerprint density at radius 2 is 1.81 bits per heavy atom. The van der Waals surface area contributed by atoms with Crippen molar-refractivity contribution in [3.63, 3.8) is 0 Å². The summed E-state index contributed by atoms with van der Waals surface area (Å²) in [6.07, 6.45) is 1.11. The van der Waals surface area contributed by atoms with Crippen LogP contribution in [0.3, 0.4) is 0 Å². The summed E-state index contributed by atoms with van der Waals surface area (Å²) in [7, 11) is 0. The van der Waals surface area contributed by atoms with Crippen LogP contribution < -0.4 is 0 Å². The fourth-order valence-electron chi connectivity index (χ4n) is 2.63. The maximum absolute atomic E-state index is 2.28. The molecule has 0 bridgehead atoms. The molecular formula is C15H10S. The molecule has 0 spiro atoms. The Kier molecular flexibility index (Phi) is 1.58. The minimum Gasteiger partial charge on any atom is -0.143 e. The number of hydrogen-bond donors (Lipinski definition) is 0. The van der Waals surface area contributed by atoms with Crippen molar-refractivity contribution in [1.82, 2.24) is 0 Å². The summed E-state index contributed by atoms with van der Waals surface area (Å²) in [6, 6.07) is 15.5. The van der Waals surface area contributed by atoms with E-state index in [2.05, 4.69) is 47.8 Å². The highest BCUT2D eigenvalue weighted by atomic mass is 32.1. The average Bonchev–Trinajstić information content (AvgIpc) is 2.88. The zero-order valence-corrected chi connectivity index (χ0v) is 9.55. The highest BCUT2D eigenvalue weighted by molar-refractivity contribution is 7.14. The molecule has 0 atom stereocenters. The van der Waals surface area contributed by atoms with Gasteiger partial charge in [-0.25, -0.2) is 0 Å². The Bertz CT molecular complexity index is 691. The first-order valence-electron chi connectivity index (χ1n) is 5.51. The standard InChI is InChI=1S/C15H10S/c1-2-4-13-10(3-1)5-6-11-9-12-7-8-16-15(12)14(11)13/h1-8H,9H2. The molecule has 76 valence electrons. The first-order valence-corrected chi connectivity index (χ1v) is 6.39. The molecule has 16 heavy (non-hydrogen) atoms. The zero-order valence-electron chi connectivity index (χ0n) is 8.73. The van der Waals surface area contributed by atoms with E-state index in [9.17, 15) is 0 Å². The molecule has 1 aliphatic carbocycles. The SMILES string of the molecule is c1ccc2c3c(ccc2c1)Cc1ccsc1-3. The summed E-state index contributed by atoms with van der Waals surface area (Å²) >= 11 is 1.87. The van der Waals surface area contributed by atoms with Gasteiger partial charge in [0.25, 0.3) is 0 Å². The number of benzene rings is 2. The highest BCUT2D eigenvalue weighted by Crippen LogP contribution is 2.44. The number of rotatable bonds is 0. The monoisotopic (exact) mass is 222 g/mol. The molecule has 0 saturated carbocycles. The minimum atomic E-state index is 1.11. The second-order valence-corrected chi connectivity index (χ2v) is 5.19. The molecule has 0 nitrogen and oxygen atoms in total. The molecule has 1 aliphatic rings. The first-order chi connectivity index (χ1) is 7.93. The topological polar surface area (TPSA) is 0 Å². The van der Waals surface area contributed by atoms with E-state index < -0.39 is 0 Å². The molecule has 0 N–H and O–H groups in total. The number of fused-ring (bicyclic) bond motifs is 5. The van der Waals surface area contributed by atoms with Crippen molar-refractivity contribution in [3.8, 4) is 10.4 Å². The van der Waals surface area contributed by atoms with Gasteiger partial charge in [-0.1, -0.05) is 36.4 Å². The second kappa shape index (κ2) is 2.96. The van der Waals surface area contributed by atoms with E-state index in [1.54, 1.807) is 0 Å². The van der Waals surface area contributed by atoms with Crippen molar-refractivity contribution in [2.24, 2.45) is 0 Å². The van der Waals surface area contributed by atoms with Gasteiger partial charge in [-0.05, 0) is 39.8 Å². The quantitative estimate of drug-likeness (QED) is 0.411. The van der Waals surface area contributed by atoms with Crippen LogP contribution in [0.1, 0.15) is 11.1 Å². The lowest BCUT2D eigenvalue weighted by Gasteiger charge is -2.04. The third-order valence-electron chi connectivity index (χ3n) is 3.37. The largest absolute Gasteiger partial charge is 0.143 e. The van der Waals surface area contributed by atoms with E-state index in [4.69, 9.17) is 0 Å². The van der Waals surface area contributed by atoms with E-state index >= 15 is 0 Å². The summed E-state index contributed by atoms with van der Waals surface area (Å²) in [5, 5.41) is 4.96. The third-order valence-corrected chi connectivity index (χ3v) is 4.34. The second-order valence-electron chi connectivity index (χ2n) is 4.27. The summed E-state index contributed by atoms with van der Waals surface area (Å²) in [6.45, 7) is 0. The summed E-state index contributed by atoms with van der Waals surface area (Å²) in [5.74, 6) is 0. The number of thiophene rings is 1. The molecule has 0 radical (unpaired) electrons. The first kappa shape index (κ1) is 8.54. The Morgan fingerprint density at radius 1 is 0.875 bits per heavy atom. The van der Waals surface area contributed by atoms with Gasteiger partial charge < -0.3 is 0 Å². The summed E-state index contributed by atoms with van der Waals surface area (Å²) < 4.78 is 0. The lowest BCUT2D eigenvalue weighted by atomic mass is 10.0. The molecule has 1 heteroatoms. The van der Waals surface area contributed by atoms with Gasteiger partial charge in [0, 0.05) is 10.4 Å². The Hall–Kier alpha value is -1.60. The molecule has 0 fully saturated rings. The van der Waals surface area contributed by atoms with Crippen molar-refractivity contribution in [3.05, 3.63) is 59.0 Å². The van der Waals surface area contributed by atoms with Gasteiger partial charge in [0.05, 0.1) is 0 Å². The van der Waals surface area contributed by atoms with Gasteiger partial charge in [0.1, 0.15) is 0 Å². The van der Waals surface area contributed by atoms with Crippen LogP contribution in [0, 0.1) is 0 Å². The van der Waals surface area contributed by atoms with Crippen molar-refractivity contribution in [2.75, 3.05) is 0 Å². The van der Waals surface area contributed by atoms with Crippen LogP contribution in [0.5, 0.6) is 0 Å². The van der Waals surface area contributed by atoms with Crippen molar-refractivity contribution < 1.29 is 0 Å². The maximum atomic E-state index is 2.28. The Balaban J connectivity index is 2.20. The van der Waals surface area contributed by atoms with Crippen LogP contribution in [0.15, 0.2) is 47.8 Å². The maximum Gasteiger partial charge on any atom is 0.0387 e. The average molecular weight is 222 g/mol. The molecule has 0 saturated heterocycles. The van der Waals surface area contributed by atoms with E-state index in [0.29, 0.717) is 0 Å². The smallest absolute Gasteiger partial charge is 0.0387 e. The van der Waals surface area contributed by atoms with Gasteiger partial charge in [-0.15, -0.1) is 11.3 Å². The van der Waals surface area contributed by atoms with Gasteiger partial charge in [0.2, 0.25) is 0 Å². The summed E-state index contributed by atoms with van der Waals surface area (Å²) in [5.41, 5.74) is 4.46. The molecule has 1 heterocycles.